The zero-order chi connectivity index (χ0) is 14.3. The summed E-state index contributed by atoms with van der Waals surface area (Å²) in [6.45, 7) is 11.0. The molecule has 0 saturated carbocycles. The first-order valence-electron chi connectivity index (χ1n) is 6.37. The van der Waals surface area contributed by atoms with Gasteiger partial charge < -0.3 is 19.7 Å². The van der Waals surface area contributed by atoms with Crippen molar-refractivity contribution in [3.63, 3.8) is 0 Å². The van der Waals surface area contributed by atoms with Gasteiger partial charge in [-0.15, -0.1) is 0 Å². The fraction of sp³-hybridized carbons (Fsp3) is 0.923. The number of hydrogen-bond donors (Lipinski definition) is 1. The van der Waals surface area contributed by atoms with E-state index in [0.717, 1.165) is 0 Å². The van der Waals surface area contributed by atoms with Crippen molar-refractivity contribution in [1.82, 2.24) is 10.2 Å². The highest BCUT2D eigenvalue weighted by molar-refractivity contribution is 5.67. The molecular formula is C13H28N2O3. The molecule has 0 rings (SSSR count). The van der Waals surface area contributed by atoms with E-state index in [4.69, 9.17) is 9.47 Å². The second-order valence-corrected chi connectivity index (χ2v) is 5.59. The normalized spacial score (nSPS) is 15.1. The second-order valence-electron chi connectivity index (χ2n) is 5.59. The molecule has 0 bridgehead atoms. The molecule has 5 heteroatoms. The van der Waals surface area contributed by atoms with Crippen molar-refractivity contribution in [1.29, 1.82) is 0 Å². The molecule has 0 aromatic rings. The molecule has 0 radical (unpaired) electrons. The van der Waals surface area contributed by atoms with Gasteiger partial charge in [0.15, 0.2) is 0 Å². The summed E-state index contributed by atoms with van der Waals surface area (Å²) in [6.07, 6.45) is -0.145. The number of likely N-dealkylation sites (N-methyl/N-ethyl adjacent to an activating group) is 1. The van der Waals surface area contributed by atoms with Gasteiger partial charge in [0.05, 0.1) is 6.10 Å². The van der Waals surface area contributed by atoms with Gasteiger partial charge in [-0.3, -0.25) is 0 Å². The number of ether oxygens (including phenoxy) is 2. The Morgan fingerprint density at radius 3 is 2.33 bits per heavy atom. The van der Waals surface area contributed by atoms with Gasteiger partial charge in [-0.2, -0.15) is 0 Å². The summed E-state index contributed by atoms with van der Waals surface area (Å²) in [4.78, 5) is 13.2. The monoisotopic (exact) mass is 260 g/mol. The van der Waals surface area contributed by atoms with Crippen LogP contribution in [0.25, 0.3) is 0 Å². The minimum Gasteiger partial charge on any atom is -0.444 e. The number of nitrogens with one attached hydrogen (secondary N) is 1. The number of hydrogen-bond acceptors (Lipinski definition) is 4. The van der Waals surface area contributed by atoms with Crippen LogP contribution in [0.4, 0.5) is 4.79 Å². The molecule has 0 fully saturated rings. The average Bonchev–Trinajstić information content (AvgIpc) is 2.25. The summed E-state index contributed by atoms with van der Waals surface area (Å²) in [5.74, 6) is 0. The summed E-state index contributed by atoms with van der Waals surface area (Å²) in [5, 5.41) is 3.31. The molecule has 0 aromatic heterocycles. The molecule has 0 aromatic carbocycles. The van der Waals surface area contributed by atoms with E-state index in [1.165, 1.54) is 0 Å². The number of amides is 1. The molecule has 5 nitrogen and oxygen atoms in total. The van der Waals surface area contributed by atoms with Crippen LogP contribution in [0.1, 0.15) is 34.6 Å². The lowest BCUT2D eigenvalue weighted by Crippen LogP contribution is -2.42. The lowest BCUT2D eigenvalue weighted by atomic mass is 10.2. The Labute approximate surface area is 111 Å². The van der Waals surface area contributed by atoms with Gasteiger partial charge in [-0.1, -0.05) is 0 Å². The highest BCUT2D eigenvalue weighted by Gasteiger charge is 2.19. The van der Waals surface area contributed by atoms with E-state index in [1.807, 2.05) is 27.7 Å². The van der Waals surface area contributed by atoms with Crippen molar-refractivity contribution in [3.8, 4) is 0 Å². The van der Waals surface area contributed by atoms with Gasteiger partial charge in [0.1, 0.15) is 5.60 Å². The highest BCUT2D eigenvalue weighted by Crippen LogP contribution is 2.08. The Morgan fingerprint density at radius 2 is 1.89 bits per heavy atom. The number of rotatable bonds is 6. The molecule has 1 amide bonds. The average molecular weight is 260 g/mol. The van der Waals surface area contributed by atoms with Crippen LogP contribution in [-0.2, 0) is 9.47 Å². The fourth-order valence-electron chi connectivity index (χ4n) is 1.26. The van der Waals surface area contributed by atoms with Crippen LogP contribution in [0.3, 0.4) is 0 Å². The van der Waals surface area contributed by atoms with Crippen molar-refractivity contribution >= 4 is 6.09 Å². The summed E-state index contributed by atoms with van der Waals surface area (Å²) in [7, 11) is 3.43. The molecule has 2 unspecified atom stereocenters. The van der Waals surface area contributed by atoms with Gasteiger partial charge in [0.2, 0.25) is 0 Å². The van der Waals surface area contributed by atoms with E-state index in [0.29, 0.717) is 13.1 Å². The van der Waals surface area contributed by atoms with E-state index >= 15 is 0 Å². The quantitative estimate of drug-likeness (QED) is 0.792. The van der Waals surface area contributed by atoms with Crippen LogP contribution in [0, 0.1) is 0 Å². The minimum atomic E-state index is -0.448. The lowest BCUT2D eigenvalue weighted by molar-refractivity contribution is 0.0295. The Hall–Kier alpha value is -0.810. The number of carbonyl (C=O) groups is 1. The van der Waals surface area contributed by atoms with Crippen LogP contribution in [0.5, 0.6) is 0 Å². The predicted octanol–water partition coefficient (Wildman–Crippen LogP) is 1.87. The molecule has 1 N–H and O–H groups in total. The number of nitrogens with zero attached hydrogens (tertiary/aromatic N) is 1. The maximum absolute atomic E-state index is 11.7. The van der Waals surface area contributed by atoms with E-state index < -0.39 is 5.60 Å². The largest absolute Gasteiger partial charge is 0.444 e. The van der Waals surface area contributed by atoms with Crippen molar-refractivity contribution in [2.24, 2.45) is 0 Å². The summed E-state index contributed by atoms with van der Waals surface area (Å²) in [5.41, 5.74) is -0.448. The molecule has 0 aliphatic carbocycles. The molecular weight excluding hydrogens is 232 g/mol. The Morgan fingerprint density at radius 1 is 1.33 bits per heavy atom. The van der Waals surface area contributed by atoms with Crippen LogP contribution in [0.15, 0.2) is 0 Å². The van der Waals surface area contributed by atoms with Gasteiger partial charge in [0, 0.05) is 33.3 Å². The molecule has 2 atom stereocenters. The minimum absolute atomic E-state index is 0.150. The van der Waals surface area contributed by atoms with Crippen molar-refractivity contribution in [2.45, 2.75) is 52.4 Å². The van der Waals surface area contributed by atoms with Crippen molar-refractivity contribution < 1.29 is 14.3 Å². The molecule has 0 aliphatic heterocycles. The highest BCUT2D eigenvalue weighted by atomic mass is 16.6. The number of carbonyl (C=O) groups excluding carboxylic acids is 1. The standard InChI is InChI=1S/C13H28N2O3/c1-10(11(2)17-7)14-8-9-15(6)12(16)18-13(3,4)5/h10-11,14H,8-9H2,1-7H3. The van der Waals surface area contributed by atoms with Crippen LogP contribution >= 0.6 is 0 Å². The van der Waals surface area contributed by atoms with E-state index in [-0.39, 0.29) is 18.2 Å². The van der Waals surface area contributed by atoms with Crippen LogP contribution in [-0.4, -0.2) is 56.0 Å². The number of methoxy groups -OCH3 is 1. The molecule has 0 saturated heterocycles. The topological polar surface area (TPSA) is 50.8 Å². The first-order valence-corrected chi connectivity index (χ1v) is 6.37. The van der Waals surface area contributed by atoms with Crippen molar-refractivity contribution in [3.05, 3.63) is 0 Å². The maximum Gasteiger partial charge on any atom is 0.410 e. The van der Waals surface area contributed by atoms with Gasteiger partial charge in [-0.25, -0.2) is 4.79 Å². The molecule has 0 spiro atoms. The van der Waals surface area contributed by atoms with E-state index in [2.05, 4.69) is 12.2 Å². The summed E-state index contributed by atoms with van der Waals surface area (Å²) >= 11 is 0. The Balaban J connectivity index is 3.90. The van der Waals surface area contributed by atoms with Gasteiger partial charge in [0.25, 0.3) is 0 Å². The third-order valence-corrected chi connectivity index (χ3v) is 2.69. The molecule has 108 valence electrons. The van der Waals surface area contributed by atoms with Gasteiger partial charge in [-0.05, 0) is 34.6 Å². The second kappa shape index (κ2) is 7.59. The summed E-state index contributed by atoms with van der Waals surface area (Å²) < 4.78 is 10.5. The summed E-state index contributed by atoms with van der Waals surface area (Å²) in [6, 6.07) is 0.252. The Bertz CT molecular complexity index is 251. The van der Waals surface area contributed by atoms with E-state index in [1.54, 1.807) is 19.1 Å². The molecule has 0 heterocycles. The third-order valence-electron chi connectivity index (χ3n) is 2.69. The SMILES string of the molecule is COC(C)C(C)NCCN(C)C(=O)OC(C)(C)C. The predicted molar refractivity (Wildman–Crippen MR) is 72.8 cm³/mol. The fourth-order valence-corrected chi connectivity index (χ4v) is 1.26. The smallest absolute Gasteiger partial charge is 0.410 e. The third kappa shape index (κ3) is 7.50. The first kappa shape index (κ1) is 17.2. The van der Waals surface area contributed by atoms with Crippen molar-refractivity contribution in [2.75, 3.05) is 27.2 Å². The lowest BCUT2D eigenvalue weighted by Gasteiger charge is -2.26. The zero-order valence-corrected chi connectivity index (χ0v) is 12.7. The maximum atomic E-state index is 11.7. The molecule has 0 aliphatic rings. The van der Waals surface area contributed by atoms with Gasteiger partial charge >= 0.3 is 6.09 Å². The zero-order valence-electron chi connectivity index (χ0n) is 12.7. The molecule has 18 heavy (non-hydrogen) atoms. The Kier molecular flexibility index (Phi) is 7.25. The first-order chi connectivity index (χ1) is 8.17. The van der Waals surface area contributed by atoms with Crippen LogP contribution in [0.2, 0.25) is 0 Å². The van der Waals surface area contributed by atoms with Crippen LogP contribution < -0.4 is 5.32 Å². The van der Waals surface area contributed by atoms with E-state index in [9.17, 15) is 4.79 Å².